The van der Waals surface area contributed by atoms with Crippen molar-refractivity contribution in [1.29, 1.82) is 0 Å². The molecule has 2 fully saturated rings. The monoisotopic (exact) mass is 338 g/mol. The smallest absolute Gasteiger partial charge is 0.245 e. The molecule has 23 heavy (non-hydrogen) atoms. The fourth-order valence-electron chi connectivity index (χ4n) is 2.78. The lowest BCUT2D eigenvalue weighted by Gasteiger charge is -2.28. The van der Waals surface area contributed by atoms with E-state index in [2.05, 4.69) is 0 Å². The number of sulfonamides is 1. The van der Waals surface area contributed by atoms with Gasteiger partial charge in [-0.05, 0) is 38.1 Å². The Bertz CT molecular complexity index is 739. The highest BCUT2D eigenvalue weighted by Gasteiger charge is 2.42. The number of rotatable bonds is 3. The number of carbonyl (C=O) groups excluding carboxylic acids is 2. The first kappa shape index (κ1) is 16.1. The summed E-state index contributed by atoms with van der Waals surface area (Å²) in [6.45, 7) is 3.95. The van der Waals surface area contributed by atoms with Crippen LogP contribution in [0.5, 0.6) is 0 Å². The average molecular weight is 338 g/mol. The molecule has 7 nitrogen and oxygen atoms in total. The van der Waals surface area contributed by atoms with Crippen LogP contribution in [0.3, 0.4) is 0 Å². The molecule has 0 atom stereocenters. The van der Waals surface area contributed by atoms with Gasteiger partial charge in [0.1, 0.15) is 6.73 Å². The Labute approximate surface area is 134 Å². The summed E-state index contributed by atoms with van der Waals surface area (Å²) in [6.07, 6.45) is 0.385. The minimum Gasteiger partial charge on any atom is -0.363 e. The normalized spacial score (nSPS) is 22.1. The lowest BCUT2D eigenvalue weighted by atomic mass is 10.1. The van der Waals surface area contributed by atoms with E-state index in [1.807, 2.05) is 0 Å². The van der Waals surface area contributed by atoms with Gasteiger partial charge >= 0.3 is 0 Å². The molecule has 2 aliphatic rings. The van der Waals surface area contributed by atoms with Gasteiger partial charge in [0.15, 0.2) is 0 Å². The predicted octanol–water partition coefficient (Wildman–Crippen LogP) is 1.10. The predicted molar refractivity (Wildman–Crippen MR) is 82.1 cm³/mol. The Balaban J connectivity index is 1.90. The molecule has 1 aromatic rings. The number of imide groups is 1. The number of anilines is 1. The molecule has 2 heterocycles. The second kappa shape index (κ2) is 5.40. The van der Waals surface area contributed by atoms with E-state index in [1.54, 1.807) is 13.8 Å². The molecule has 2 aliphatic heterocycles. The lowest BCUT2D eigenvalue weighted by Crippen LogP contribution is -2.44. The number of hydrogen-bond acceptors (Lipinski definition) is 5. The second-order valence-electron chi connectivity index (χ2n) is 6.26. The summed E-state index contributed by atoms with van der Waals surface area (Å²) < 4.78 is 32.0. The number of benzene rings is 1. The van der Waals surface area contributed by atoms with E-state index >= 15 is 0 Å². The van der Waals surface area contributed by atoms with E-state index in [9.17, 15) is 18.0 Å². The first-order chi connectivity index (χ1) is 10.7. The third kappa shape index (κ3) is 2.66. The van der Waals surface area contributed by atoms with Crippen LogP contribution in [0.1, 0.15) is 26.7 Å². The van der Waals surface area contributed by atoms with Crippen LogP contribution >= 0.6 is 0 Å². The van der Waals surface area contributed by atoms with E-state index in [0.29, 0.717) is 12.3 Å². The Morgan fingerprint density at radius 3 is 2.09 bits per heavy atom. The van der Waals surface area contributed by atoms with Gasteiger partial charge in [-0.25, -0.2) is 8.42 Å². The molecule has 0 aromatic heterocycles. The molecule has 0 radical (unpaired) electrons. The highest BCUT2D eigenvalue weighted by atomic mass is 32.2. The van der Waals surface area contributed by atoms with Crippen molar-refractivity contribution in [2.45, 2.75) is 37.1 Å². The molecule has 124 valence electrons. The van der Waals surface area contributed by atoms with Crippen molar-refractivity contribution in [2.24, 2.45) is 0 Å². The van der Waals surface area contributed by atoms with E-state index in [0.717, 1.165) is 4.90 Å². The van der Waals surface area contributed by atoms with Crippen molar-refractivity contribution in [3.63, 3.8) is 0 Å². The Morgan fingerprint density at radius 1 is 1.04 bits per heavy atom. The average Bonchev–Trinajstić information content (AvgIpc) is 3.01. The van der Waals surface area contributed by atoms with Crippen molar-refractivity contribution in [3.8, 4) is 0 Å². The summed E-state index contributed by atoms with van der Waals surface area (Å²) >= 11 is 0. The van der Waals surface area contributed by atoms with E-state index in [1.165, 1.54) is 28.6 Å². The molecule has 0 N–H and O–H groups in total. The fraction of sp³-hybridized carbons (Fsp3) is 0.467. The molecule has 0 unspecified atom stereocenters. The molecule has 0 spiro atoms. The number of carbonyl (C=O) groups is 2. The number of nitrogens with zero attached hydrogens (tertiary/aromatic N) is 2. The molecular formula is C15H18N2O5S. The van der Waals surface area contributed by atoms with Gasteiger partial charge in [-0.3, -0.25) is 14.5 Å². The molecule has 3 rings (SSSR count). The SMILES string of the molecule is CC1(C)COCN1S(=O)(=O)c1ccc(N2C(=O)CCC2=O)cc1. The zero-order valence-electron chi connectivity index (χ0n) is 13.0. The van der Waals surface area contributed by atoms with Gasteiger partial charge in [0.05, 0.1) is 22.7 Å². The largest absolute Gasteiger partial charge is 0.363 e. The van der Waals surface area contributed by atoms with Crippen molar-refractivity contribution in [3.05, 3.63) is 24.3 Å². The van der Waals surface area contributed by atoms with Crippen molar-refractivity contribution in [1.82, 2.24) is 4.31 Å². The van der Waals surface area contributed by atoms with Gasteiger partial charge in [0, 0.05) is 12.8 Å². The Kier molecular flexibility index (Phi) is 3.78. The standard InChI is InChI=1S/C15H18N2O5S/c1-15(2)9-22-10-16(15)23(20,21)12-5-3-11(4-6-12)17-13(18)7-8-14(17)19/h3-6H,7-10H2,1-2H3. The summed E-state index contributed by atoms with van der Waals surface area (Å²) in [4.78, 5) is 24.7. The summed E-state index contributed by atoms with van der Waals surface area (Å²) in [6, 6.07) is 5.80. The molecular weight excluding hydrogens is 320 g/mol. The van der Waals surface area contributed by atoms with Crippen LogP contribution in [0.15, 0.2) is 29.2 Å². The number of amides is 2. The third-order valence-corrected chi connectivity index (χ3v) is 6.12. The van der Waals surface area contributed by atoms with Crippen molar-refractivity contribution in [2.75, 3.05) is 18.2 Å². The quantitative estimate of drug-likeness (QED) is 0.771. The third-order valence-electron chi connectivity index (χ3n) is 4.07. The Hall–Kier alpha value is -1.77. The second-order valence-corrected chi connectivity index (χ2v) is 8.12. The van der Waals surface area contributed by atoms with Gasteiger partial charge < -0.3 is 4.74 Å². The zero-order chi connectivity index (χ0) is 16.8. The first-order valence-electron chi connectivity index (χ1n) is 7.30. The summed E-state index contributed by atoms with van der Waals surface area (Å²) in [5.41, 5.74) is -0.216. The highest BCUT2D eigenvalue weighted by molar-refractivity contribution is 7.89. The van der Waals surface area contributed by atoms with Crippen molar-refractivity contribution < 1.29 is 22.7 Å². The van der Waals surface area contributed by atoms with Gasteiger partial charge in [-0.1, -0.05) is 0 Å². The van der Waals surface area contributed by atoms with E-state index in [-0.39, 0.29) is 36.3 Å². The summed E-state index contributed by atoms with van der Waals surface area (Å²) in [5, 5.41) is 0. The minimum absolute atomic E-state index is 0.0141. The van der Waals surface area contributed by atoms with Crippen LogP contribution in [-0.4, -0.2) is 43.4 Å². The molecule has 0 aliphatic carbocycles. The molecule has 2 amide bonds. The molecule has 0 saturated carbocycles. The van der Waals surface area contributed by atoms with Gasteiger partial charge in [-0.2, -0.15) is 4.31 Å². The first-order valence-corrected chi connectivity index (χ1v) is 8.74. The van der Waals surface area contributed by atoms with Gasteiger partial charge in [-0.15, -0.1) is 0 Å². The lowest BCUT2D eigenvalue weighted by molar-refractivity contribution is -0.121. The fourth-order valence-corrected chi connectivity index (χ4v) is 4.43. The molecule has 1 aromatic carbocycles. The van der Waals surface area contributed by atoms with Gasteiger partial charge in [0.25, 0.3) is 0 Å². The highest BCUT2D eigenvalue weighted by Crippen LogP contribution is 2.30. The van der Waals surface area contributed by atoms with Crippen LogP contribution in [0, 0.1) is 0 Å². The maximum absolute atomic E-state index is 12.7. The topological polar surface area (TPSA) is 84.0 Å². The number of hydrogen-bond donors (Lipinski definition) is 0. The van der Waals surface area contributed by atoms with E-state index < -0.39 is 15.6 Å². The van der Waals surface area contributed by atoms with Gasteiger partial charge in [0.2, 0.25) is 21.8 Å². The molecule has 0 bridgehead atoms. The van der Waals surface area contributed by atoms with Crippen LogP contribution < -0.4 is 4.90 Å². The maximum atomic E-state index is 12.7. The minimum atomic E-state index is -3.69. The van der Waals surface area contributed by atoms with Crippen LogP contribution in [0.2, 0.25) is 0 Å². The molecule has 8 heteroatoms. The Morgan fingerprint density at radius 2 is 1.61 bits per heavy atom. The molecule has 2 saturated heterocycles. The van der Waals surface area contributed by atoms with Crippen molar-refractivity contribution >= 4 is 27.5 Å². The van der Waals surface area contributed by atoms with E-state index in [4.69, 9.17) is 4.74 Å². The summed E-state index contributed by atoms with van der Waals surface area (Å²) in [7, 11) is -3.69. The van der Waals surface area contributed by atoms with Crippen LogP contribution in [0.4, 0.5) is 5.69 Å². The zero-order valence-corrected chi connectivity index (χ0v) is 13.8. The van der Waals surface area contributed by atoms with Crippen LogP contribution in [0.25, 0.3) is 0 Å². The maximum Gasteiger partial charge on any atom is 0.245 e. The van der Waals surface area contributed by atoms with Crippen LogP contribution in [-0.2, 0) is 24.3 Å². The number of ether oxygens (including phenoxy) is 1. The summed E-state index contributed by atoms with van der Waals surface area (Å²) in [5.74, 6) is -0.528.